The first kappa shape index (κ1) is 21.5. The number of pyridine rings is 1. The molecule has 0 fully saturated rings. The summed E-state index contributed by atoms with van der Waals surface area (Å²) in [6, 6.07) is 31.5. The fourth-order valence-electron chi connectivity index (χ4n) is 3.82. The van der Waals surface area contributed by atoms with Gasteiger partial charge in [0.25, 0.3) is 0 Å². The molecule has 0 N–H and O–H groups in total. The van der Waals surface area contributed by atoms with E-state index in [4.69, 9.17) is 4.98 Å². The zero-order chi connectivity index (χ0) is 22.6. The van der Waals surface area contributed by atoms with E-state index < -0.39 is 5.92 Å². The number of aromatic nitrogens is 2. The summed E-state index contributed by atoms with van der Waals surface area (Å²) in [6.07, 6.45) is 1.75. The van der Waals surface area contributed by atoms with Crippen LogP contribution in [0.1, 0.15) is 22.7 Å². The molecule has 0 aliphatic carbocycles. The van der Waals surface area contributed by atoms with Gasteiger partial charge in [-0.15, -0.1) is 0 Å². The minimum absolute atomic E-state index is 0.0313. The van der Waals surface area contributed by atoms with Crippen molar-refractivity contribution >= 4 is 48.5 Å². The smallest absolute Gasteiger partial charge is 0.241 e. The molecule has 0 saturated heterocycles. The third kappa shape index (κ3) is 4.72. The molecule has 0 unspecified atom stereocenters. The number of carbonyl (C=O) groups is 1. The zero-order valence-electron chi connectivity index (χ0n) is 17.6. The maximum atomic E-state index is 14.2. The molecule has 162 valence electrons. The second-order valence-corrected chi connectivity index (χ2v) is 9.53. The largest absolute Gasteiger partial charge is 0.281 e. The van der Waals surface area contributed by atoms with Gasteiger partial charge in [0.2, 0.25) is 5.91 Å². The predicted molar refractivity (Wildman–Crippen MR) is 137 cm³/mol. The van der Waals surface area contributed by atoms with E-state index in [0.29, 0.717) is 11.7 Å². The number of anilines is 1. The van der Waals surface area contributed by atoms with Crippen LogP contribution < -0.4 is 4.90 Å². The van der Waals surface area contributed by atoms with Crippen molar-refractivity contribution in [3.8, 4) is 0 Å². The average molecular weight is 514 g/mol. The number of amides is 1. The molecular formula is C27H20BrN3OS. The van der Waals surface area contributed by atoms with E-state index in [0.717, 1.165) is 31.5 Å². The molecule has 1 amide bonds. The lowest BCUT2D eigenvalue weighted by Crippen LogP contribution is -2.35. The molecule has 2 heterocycles. The van der Waals surface area contributed by atoms with E-state index in [2.05, 4.69) is 20.9 Å². The van der Waals surface area contributed by atoms with E-state index >= 15 is 0 Å². The van der Waals surface area contributed by atoms with Crippen molar-refractivity contribution in [3.05, 3.63) is 125 Å². The Bertz CT molecular complexity index is 1330. The molecule has 0 aliphatic rings. The highest BCUT2D eigenvalue weighted by molar-refractivity contribution is 9.10. The normalized spacial score (nSPS) is 11.1. The van der Waals surface area contributed by atoms with E-state index in [-0.39, 0.29) is 5.91 Å². The van der Waals surface area contributed by atoms with Crippen LogP contribution in [0.4, 0.5) is 5.13 Å². The summed E-state index contributed by atoms with van der Waals surface area (Å²) < 4.78 is 2.01. The van der Waals surface area contributed by atoms with Gasteiger partial charge in [-0.2, -0.15) is 0 Å². The lowest BCUT2D eigenvalue weighted by molar-refractivity contribution is -0.119. The van der Waals surface area contributed by atoms with Crippen LogP contribution >= 0.6 is 27.3 Å². The fourth-order valence-corrected chi connectivity index (χ4v) is 5.34. The first-order valence-corrected chi connectivity index (χ1v) is 12.2. The van der Waals surface area contributed by atoms with Crippen molar-refractivity contribution < 1.29 is 4.79 Å². The maximum Gasteiger partial charge on any atom is 0.241 e. The first-order valence-electron chi connectivity index (χ1n) is 10.6. The minimum atomic E-state index is -0.449. The Hall–Kier alpha value is -3.35. The molecule has 0 spiro atoms. The highest BCUT2D eigenvalue weighted by Crippen LogP contribution is 2.35. The monoisotopic (exact) mass is 513 g/mol. The van der Waals surface area contributed by atoms with Gasteiger partial charge in [-0.3, -0.25) is 14.7 Å². The van der Waals surface area contributed by atoms with Crippen LogP contribution in [0, 0.1) is 0 Å². The molecule has 0 atom stereocenters. The SMILES string of the molecule is O=C(C(c1ccccc1)c1ccccc1)N(Cc1ccccn1)c1nc2ccc(Br)cc2s1. The molecule has 5 rings (SSSR count). The second kappa shape index (κ2) is 9.65. The number of carbonyl (C=O) groups excluding carboxylic acids is 1. The molecule has 0 radical (unpaired) electrons. The van der Waals surface area contributed by atoms with Gasteiger partial charge in [-0.05, 0) is 41.5 Å². The van der Waals surface area contributed by atoms with Crippen molar-refractivity contribution in [1.29, 1.82) is 0 Å². The number of thiazole rings is 1. The molecule has 33 heavy (non-hydrogen) atoms. The van der Waals surface area contributed by atoms with Crippen LogP contribution in [0.15, 0.2) is 108 Å². The van der Waals surface area contributed by atoms with Gasteiger partial charge in [0.15, 0.2) is 5.13 Å². The number of rotatable bonds is 6. The minimum Gasteiger partial charge on any atom is -0.281 e. The zero-order valence-corrected chi connectivity index (χ0v) is 20.0. The Morgan fingerprint density at radius 2 is 1.55 bits per heavy atom. The Morgan fingerprint density at radius 3 is 2.18 bits per heavy atom. The number of hydrogen-bond donors (Lipinski definition) is 0. The van der Waals surface area contributed by atoms with Gasteiger partial charge < -0.3 is 0 Å². The van der Waals surface area contributed by atoms with Crippen molar-refractivity contribution in [1.82, 2.24) is 9.97 Å². The topological polar surface area (TPSA) is 46.1 Å². The van der Waals surface area contributed by atoms with Crippen LogP contribution in [0.25, 0.3) is 10.2 Å². The second-order valence-electron chi connectivity index (χ2n) is 7.61. The van der Waals surface area contributed by atoms with Crippen LogP contribution in [-0.4, -0.2) is 15.9 Å². The summed E-state index contributed by atoms with van der Waals surface area (Å²) in [4.78, 5) is 25.3. The fraction of sp³-hybridized carbons (Fsp3) is 0.0741. The van der Waals surface area contributed by atoms with Gasteiger partial charge in [-0.25, -0.2) is 4.98 Å². The van der Waals surface area contributed by atoms with Gasteiger partial charge >= 0.3 is 0 Å². The van der Waals surface area contributed by atoms with Crippen LogP contribution in [-0.2, 0) is 11.3 Å². The third-order valence-electron chi connectivity index (χ3n) is 5.40. The van der Waals surface area contributed by atoms with E-state index in [9.17, 15) is 4.79 Å². The lowest BCUT2D eigenvalue weighted by Gasteiger charge is -2.26. The van der Waals surface area contributed by atoms with Crippen molar-refractivity contribution in [2.45, 2.75) is 12.5 Å². The molecule has 3 aromatic carbocycles. The molecule has 4 nitrogen and oxygen atoms in total. The first-order chi connectivity index (χ1) is 16.2. The molecule has 2 aromatic heterocycles. The van der Waals surface area contributed by atoms with Gasteiger partial charge in [0, 0.05) is 10.7 Å². The quantitative estimate of drug-likeness (QED) is 0.250. The summed E-state index contributed by atoms with van der Waals surface area (Å²) in [7, 11) is 0. The molecule has 6 heteroatoms. The molecule has 5 aromatic rings. The molecular weight excluding hydrogens is 494 g/mol. The van der Waals surface area contributed by atoms with Crippen molar-refractivity contribution in [2.75, 3.05) is 4.90 Å². The predicted octanol–water partition coefficient (Wildman–Crippen LogP) is 6.82. The Morgan fingerprint density at radius 1 is 0.879 bits per heavy atom. The number of benzene rings is 3. The Labute approximate surface area is 204 Å². The summed E-state index contributed by atoms with van der Waals surface area (Å²) in [6.45, 7) is 0.344. The number of hydrogen-bond acceptors (Lipinski definition) is 4. The van der Waals surface area contributed by atoms with Crippen molar-refractivity contribution in [3.63, 3.8) is 0 Å². The number of halogens is 1. The van der Waals surface area contributed by atoms with Crippen LogP contribution in [0.5, 0.6) is 0 Å². The van der Waals surface area contributed by atoms with Gasteiger partial charge in [0.1, 0.15) is 0 Å². The van der Waals surface area contributed by atoms with Gasteiger partial charge in [0.05, 0.1) is 28.4 Å². The Kier molecular flexibility index (Phi) is 6.28. The highest BCUT2D eigenvalue weighted by atomic mass is 79.9. The van der Waals surface area contributed by atoms with E-state index in [1.807, 2.05) is 97.1 Å². The van der Waals surface area contributed by atoms with Crippen LogP contribution in [0.3, 0.4) is 0 Å². The highest BCUT2D eigenvalue weighted by Gasteiger charge is 2.30. The van der Waals surface area contributed by atoms with E-state index in [1.165, 1.54) is 11.3 Å². The Balaban J connectivity index is 1.62. The van der Waals surface area contributed by atoms with Crippen molar-refractivity contribution in [2.24, 2.45) is 0 Å². The van der Waals surface area contributed by atoms with E-state index in [1.54, 1.807) is 11.1 Å². The standard InChI is InChI=1S/C27H20BrN3OS/c28-21-14-15-23-24(17-21)33-27(30-23)31(18-22-13-7-8-16-29-22)26(32)25(19-9-3-1-4-10-19)20-11-5-2-6-12-20/h1-17,25H,18H2. The number of fused-ring (bicyclic) bond motifs is 1. The molecule has 0 saturated carbocycles. The number of nitrogens with zero attached hydrogens (tertiary/aromatic N) is 3. The summed E-state index contributed by atoms with van der Waals surface area (Å²) in [5, 5.41) is 0.663. The van der Waals surface area contributed by atoms with Crippen LogP contribution in [0.2, 0.25) is 0 Å². The molecule has 0 aliphatic heterocycles. The maximum absolute atomic E-state index is 14.2. The molecule has 0 bridgehead atoms. The average Bonchev–Trinajstić information content (AvgIpc) is 3.27. The summed E-state index contributed by atoms with van der Waals surface area (Å²) in [5.74, 6) is -0.481. The third-order valence-corrected chi connectivity index (χ3v) is 6.93. The lowest BCUT2D eigenvalue weighted by atomic mass is 9.90. The summed E-state index contributed by atoms with van der Waals surface area (Å²) >= 11 is 5.05. The summed E-state index contributed by atoms with van der Waals surface area (Å²) in [5.41, 5.74) is 3.58. The van der Waals surface area contributed by atoms with Gasteiger partial charge in [-0.1, -0.05) is 94.0 Å².